The zero-order valence-electron chi connectivity index (χ0n) is 16.8. The number of aliphatic carboxylic acids is 1. The minimum absolute atomic E-state index is 0.00380. The Kier molecular flexibility index (Phi) is 9.47. The molecule has 4 atom stereocenters. The lowest BCUT2D eigenvalue weighted by atomic mass is 9.75. The molecule has 2 fully saturated rings. The lowest BCUT2D eigenvalue weighted by Gasteiger charge is -2.28. The number of allylic oxidation sites excluding steroid dienone is 1. The van der Waals surface area contributed by atoms with Crippen LogP contribution in [0.15, 0.2) is 12.2 Å². The molecule has 2 amide bonds. The molecule has 3 N–H and O–H groups in total. The molecular formula is C21H34N2O5. The molecule has 7 nitrogen and oxygen atoms in total. The van der Waals surface area contributed by atoms with Crippen LogP contribution in [0.4, 0.5) is 0 Å². The largest absolute Gasteiger partial charge is 0.481 e. The van der Waals surface area contributed by atoms with E-state index < -0.39 is 5.97 Å². The molecule has 0 aromatic heterocycles. The van der Waals surface area contributed by atoms with Crippen molar-refractivity contribution in [3.63, 3.8) is 0 Å². The number of amides is 2. The van der Waals surface area contributed by atoms with Crippen LogP contribution in [-0.4, -0.2) is 48.2 Å². The highest BCUT2D eigenvalue weighted by Gasteiger charge is 2.47. The van der Waals surface area contributed by atoms with Crippen molar-refractivity contribution in [2.45, 2.75) is 76.9 Å². The van der Waals surface area contributed by atoms with Gasteiger partial charge in [0.25, 0.3) is 0 Å². The third-order valence-electron chi connectivity index (χ3n) is 5.81. The molecule has 2 saturated heterocycles. The molecule has 0 aliphatic carbocycles. The topological polar surface area (TPSA) is 105 Å². The van der Waals surface area contributed by atoms with Crippen molar-refractivity contribution in [1.82, 2.24) is 10.6 Å². The number of nitrogens with one attached hydrogen (secondary N) is 2. The molecule has 158 valence electrons. The van der Waals surface area contributed by atoms with Crippen LogP contribution in [0.1, 0.15) is 64.7 Å². The van der Waals surface area contributed by atoms with Crippen molar-refractivity contribution < 1.29 is 24.2 Å². The van der Waals surface area contributed by atoms with Gasteiger partial charge in [0.2, 0.25) is 11.8 Å². The van der Waals surface area contributed by atoms with Crippen LogP contribution < -0.4 is 10.6 Å². The maximum atomic E-state index is 11.9. The highest BCUT2D eigenvalue weighted by Crippen LogP contribution is 2.46. The second-order valence-corrected chi connectivity index (χ2v) is 7.82. The molecular weight excluding hydrogens is 360 g/mol. The summed E-state index contributed by atoms with van der Waals surface area (Å²) < 4.78 is 6.12. The molecule has 0 radical (unpaired) electrons. The van der Waals surface area contributed by atoms with Crippen molar-refractivity contribution in [2.24, 2.45) is 11.8 Å². The van der Waals surface area contributed by atoms with Gasteiger partial charge in [0.1, 0.15) is 0 Å². The molecule has 0 spiro atoms. The van der Waals surface area contributed by atoms with Gasteiger partial charge in [-0.2, -0.15) is 0 Å². The highest BCUT2D eigenvalue weighted by molar-refractivity contribution is 5.91. The Labute approximate surface area is 167 Å². The van der Waals surface area contributed by atoms with E-state index in [0.29, 0.717) is 30.6 Å². The molecule has 0 aromatic rings. The molecule has 7 heteroatoms. The molecule has 2 rings (SSSR count). The van der Waals surface area contributed by atoms with Gasteiger partial charge in [-0.15, -0.1) is 0 Å². The second kappa shape index (κ2) is 11.8. The minimum atomic E-state index is -0.718. The molecule has 0 aromatic carbocycles. The standard InChI is InChI=1S/C21H34N2O5/c1-2-7-19(24)23-14-20(25)22-13-12-16-15(17-10-11-18(16)28-17)8-5-3-4-6-9-21(26)27/h2,7,15-18H,3-6,8-14H2,1H3,(H,22,25)(H,23,24)(H,26,27). The molecule has 0 saturated carbocycles. The van der Waals surface area contributed by atoms with Crippen molar-refractivity contribution in [1.29, 1.82) is 0 Å². The van der Waals surface area contributed by atoms with E-state index in [2.05, 4.69) is 10.6 Å². The van der Waals surface area contributed by atoms with E-state index in [1.54, 1.807) is 13.0 Å². The van der Waals surface area contributed by atoms with E-state index in [4.69, 9.17) is 9.84 Å². The fourth-order valence-corrected chi connectivity index (χ4v) is 4.50. The maximum absolute atomic E-state index is 11.9. The summed E-state index contributed by atoms with van der Waals surface area (Å²) in [4.78, 5) is 33.8. The first kappa shape index (κ1) is 22.4. The van der Waals surface area contributed by atoms with Crippen LogP contribution in [0.3, 0.4) is 0 Å². The Hall–Kier alpha value is -1.89. The summed E-state index contributed by atoms with van der Waals surface area (Å²) in [5.74, 6) is -0.121. The Morgan fingerprint density at radius 1 is 1.00 bits per heavy atom. The number of hydrogen-bond acceptors (Lipinski definition) is 4. The summed E-state index contributed by atoms with van der Waals surface area (Å²) in [6.45, 7) is 2.35. The van der Waals surface area contributed by atoms with Crippen molar-refractivity contribution in [3.8, 4) is 0 Å². The van der Waals surface area contributed by atoms with Gasteiger partial charge in [-0.3, -0.25) is 14.4 Å². The zero-order chi connectivity index (χ0) is 20.4. The minimum Gasteiger partial charge on any atom is -0.481 e. The van der Waals surface area contributed by atoms with Gasteiger partial charge in [-0.05, 0) is 56.9 Å². The predicted octanol–water partition coefficient (Wildman–Crippen LogP) is 2.40. The van der Waals surface area contributed by atoms with Crippen LogP contribution in [0.2, 0.25) is 0 Å². The Balaban J connectivity index is 1.64. The first-order valence-corrected chi connectivity index (χ1v) is 10.6. The van der Waals surface area contributed by atoms with Crippen molar-refractivity contribution in [2.75, 3.05) is 13.1 Å². The van der Waals surface area contributed by atoms with Crippen LogP contribution in [0.5, 0.6) is 0 Å². The quantitative estimate of drug-likeness (QED) is 0.329. The molecule has 2 heterocycles. The SMILES string of the molecule is CC=CC(=O)NCC(=O)NCCC1C2CCC(O2)C1CCCCCCC(=O)O. The number of carboxylic acid groups (broad SMARTS) is 1. The number of carbonyl (C=O) groups is 3. The van der Waals surface area contributed by atoms with Gasteiger partial charge in [-0.25, -0.2) is 0 Å². The molecule has 2 bridgehead atoms. The molecule has 28 heavy (non-hydrogen) atoms. The lowest BCUT2D eigenvalue weighted by Crippen LogP contribution is -2.38. The Morgan fingerprint density at radius 2 is 1.68 bits per heavy atom. The number of hydrogen-bond donors (Lipinski definition) is 3. The average molecular weight is 395 g/mol. The maximum Gasteiger partial charge on any atom is 0.303 e. The first-order valence-electron chi connectivity index (χ1n) is 10.6. The van der Waals surface area contributed by atoms with Gasteiger partial charge < -0.3 is 20.5 Å². The number of rotatable bonds is 13. The van der Waals surface area contributed by atoms with E-state index in [9.17, 15) is 14.4 Å². The summed E-state index contributed by atoms with van der Waals surface area (Å²) in [6.07, 6.45) is 12.1. The molecule has 4 unspecified atom stereocenters. The van der Waals surface area contributed by atoms with Crippen molar-refractivity contribution in [3.05, 3.63) is 12.2 Å². The summed E-state index contributed by atoms with van der Waals surface area (Å²) >= 11 is 0. The number of carboxylic acids is 1. The first-order chi connectivity index (χ1) is 13.5. The number of unbranched alkanes of at least 4 members (excludes halogenated alkanes) is 3. The fraction of sp³-hybridized carbons (Fsp3) is 0.762. The second-order valence-electron chi connectivity index (χ2n) is 7.82. The highest BCUT2D eigenvalue weighted by atomic mass is 16.5. The van der Waals surface area contributed by atoms with E-state index in [-0.39, 0.29) is 24.8 Å². The Morgan fingerprint density at radius 3 is 2.36 bits per heavy atom. The summed E-state index contributed by atoms with van der Waals surface area (Å²) in [6, 6.07) is 0. The number of ether oxygens (including phenoxy) is 1. The number of carbonyl (C=O) groups excluding carboxylic acids is 2. The predicted molar refractivity (Wildman–Crippen MR) is 106 cm³/mol. The fourth-order valence-electron chi connectivity index (χ4n) is 4.50. The van der Waals surface area contributed by atoms with Gasteiger partial charge in [0.15, 0.2) is 0 Å². The summed E-state index contributed by atoms with van der Waals surface area (Å²) in [7, 11) is 0. The van der Waals surface area contributed by atoms with Crippen LogP contribution >= 0.6 is 0 Å². The normalized spacial score (nSPS) is 25.9. The monoisotopic (exact) mass is 394 g/mol. The van der Waals surface area contributed by atoms with E-state index in [1.165, 1.54) is 6.08 Å². The molecule has 2 aliphatic heterocycles. The molecule has 2 aliphatic rings. The van der Waals surface area contributed by atoms with Gasteiger partial charge in [0.05, 0.1) is 18.8 Å². The van der Waals surface area contributed by atoms with Gasteiger partial charge >= 0.3 is 5.97 Å². The third kappa shape index (κ3) is 7.26. The number of fused-ring (bicyclic) bond motifs is 2. The van der Waals surface area contributed by atoms with Gasteiger partial charge in [-0.1, -0.05) is 25.3 Å². The smallest absolute Gasteiger partial charge is 0.303 e. The van der Waals surface area contributed by atoms with E-state index in [0.717, 1.165) is 51.4 Å². The average Bonchev–Trinajstić information content (AvgIpc) is 3.25. The third-order valence-corrected chi connectivity index (χ3v) is 5.81. The zero-order valence-corrected chi connectivity index (χ0v) is 16.8. The van der Waals surface area contributed by atoms with Crippen molar-refractivity contribution >= 4 is 17.8 Å². The van der Waals surface area contributed by atoms with E-state index >= 15 is 0 Å². The lowest BCUT2D eigenvalue weighted by molar-refractivity contribution is -0.137. The van der Waals surface area contributed by atoms with Crippen LogP contribution in [0, 0.1) is 11.8 Å². The van der Waals surface area contributed by atoms with Gasteiger partial charge in [0, 0.05) is 13.0 Å². The Bertz CT molecular complexity index is 563. The summed E-state index contributed by atoms with van der Waals surface area (Å²) in [5, 5.41) is 14.1. The van der Waals surface area contributed by atoms with Crippen LogP contribution in [0.25, 0.3) is 0 Å². The van der Waals surface area contributed by atoms with E-state index in [1.807, 2.05) is 0 Å². The van der Waals surface area contributed by atoms with Crippen LogP contribution in [-0.2, 0) is 19.1 Å². The summed E-state index contributed by atoms with van der Waals surface area (Å²) in [5.41, 5.74) is 0.